The second-order valence-corrected chi connectivity index (χ2v) is 6.03. The third-order valence-corrected chi connectivity index (χ3v) is 4.29. The molecular weight excluding hydrogens is 345 g/mol. The zero-order chi connectivity index (χ0) is 16.8. The Morgan fingerprint density at radius 3 is 2.91 bits per heavy atom. The SMILES string of the molecule is C[C@H](O)[C@H]1O[C@@H](n2cnc3cnc(N)nc32)[C@@](Cl)(C#CCl)C1O. The lowest BCUT2D eigenvalue weighted by atomic mass is 9.97. The molecule has 23 heavy (non-hydrogen) atoms. The number of hydrogen-bond donors (Lipinski definition) is 3. The van der Waals surface area contributed by atoms with Crippen LogP contribution in [0.3, 0.4) is 0 Å². The first-order valence-corrected chi connectivity index (χ1v) is 7.42. The predicted molar refractivity (Wildman–Crippen MR) is 83.5 cm³/mol. The Morgan fingerprint density at radius 2 is 2.26 bits per heavy atom. The summed E-state index contributed by atoms with van der Waals surface area (Å²) < 4.78 is 7.20. The number of nitrogens with zero attached hydrogens (tertiary/aromatic N) is 4. The van der Waals surface area contributed by atoms with Crippen LogP contribution in [-0.2, 0) is 4.74 Å². The Hall–Kier alpha value is -1.63. The molecule has 1 fully saturated rings. The molecule has 4 N–H and O–H groups in total. The second kappa shape index (κ2) is 5.78. The van der Waals surface area contributed by atoms with Gasteiger partial charge in [-0.2, -0.15) is 4.98 Å². The van der Waals surface area contributed by atoms with Gasteiger partial charge in [-0.3, -0.25) is 4.57 Å². The maximum atomic E-state index is 10.4. The smallest absolute Gasteiger partial charge is 0.222 e. The Labute approximate surface area is 141 Å². The number of halogens is 2. The van der Waals surface area contributed by atoms with E-state index >= 15 is 0 Å². The van der Waals surface area contributed by atoms with Crippen molar-refractivity contribution >= 4 is 40.3 Å². The number of fused-ring (bicyclic) bond motifs is 1. The fourth-order valence-electron chi connectivity index (χ4n) is 2.57. The van der Waals surface area contributed by atoms with E-state index in [4.69, 9.17) is 33.7 Å². The Bertz CT molecular complexity index is 802. The highest BCUT2D eigenvalue weighted by Crippen LogP contribution is 2.45. The molecule has 3 heterocycles. The number of aromatic nitrogens is 4. The van der Waals surface area contributed by atoms with Crippen molar-refractivity contribution in [3.63, 3.8) is 0 Å². The molecule has 1 aliphatic heterocycles. The molecule has 1 aliphatic rings. The number of aliphatic hydroxyl groups is 2. The van der Waals surface area contributed by atoms with Gasteiger partial charge in [0.15, 0.2) is 16.7 Å². The first-order valence-electron chi connectivity index (χ1n) is 6.67. The third-order valence-electron chi connectivity index (χ3n) is 3.69. The van der Waals surface area contributed by atoms with Crippen LogP contribution >= 0.6 is 23.2 Å². The summed E-state index contributed by atoms with van der Waals surface area (Å²) in [5.74, 6) is 2.59. The highest BCUT2D eigenvalue weighted by Gasteiger charge is 2.57. The largest absolute Gasteiger partial charge is 0.391 e. The van der Waals surface area contributed by atoms with E-state index < -0.39 is 29.4 Å². The van der Waals surface area contributed by atoms with Gasteiger partial charge in [-0.15, -0.1) is 0 Å². The lowest BCUT2D eigenvalue weighted by Gasteiger charge is -2.25. The van der Waals surface area contributed by atoms with Crippen molar-refractivity contribution in [2.45, 2.75) is 36.3 Å². The van der Waals surface area contributed by atoms with Crippen LogP contribution in [0.2, 0.25) is 0 Å². The minimum Gasteiger partial charge on any atom is -0.391 e. The van der Waals surface area contributed by atoms with Gasteiger partial charge >= 0.3 is 0 Å². The van der Waals surface area contributed by atoms with Gasteiger partial charge in [0, 0.05) is 5.38 Å². The predicted octanol–water partition coefficient (Wildman–Crippen LogP) is 0.225. The lowest BCUT2D eigenvalue weighted by molar-refractivity contribution is -0.0752. The zero-order valence-corrected chi connectivity index (χ0v) is 13.4. The number of nitrogen functional groups attached to an aromatic ring is 1. The zero-order valence-electron chi connectivity index (χ0n) is 11.9. The molecule has 0 radical (unpaired) electrons. The molecule has 0 saturated carbocycles. The number of hydrogen-bond acceptors (Lipinski definition) is 7. The van der Waals surface area contributed by atoms with E-state index in [-0.39, 0.29) is 5.95 Å². The molecule has 2 aromatic heterocycles. The molecular formula is C13H13Cl2N5O3. The van der Waals surface area contributed by atoms with Crippen molar-refractivity contribution in [2.75, 3.05) is 5.73 Å². The Balaban J connectivity index is 2.14. The number of ether oxygens (including phenoxy) is 1. The molecule has 8 nitrogen and oxygen atoms in total. The fourth-order valence-corrected chi connectivity index (χ4v) is 3.11. The van der Waals surface area contributed by atoms with Crippen LogP contribution < -0.4 is 5.73 Å². The second-order valence-electron chi connectivity index (χ2n) is 5.21. The first kappa shape index (κ1) is 16.2. The molecule has 2 aromatic rings. The molecule has 122 valence electrons. The number of anilines is 1. The number of rotatable bonds is 2. The van der Waals surface area contributed by atoms with Gasteiger partial charge in [0.05, 0.1) is 18.6 Å². The van der Waals surface area contributed by atoms with Gasteiger partial charge in [0.25, 0.3) is 0 Å². The van der Waals surface area contributed by atoms with E-state index in [1.807, 2.05) is 0 Å². The van der Waals surface area contributed by atoms with Crippen molar-refractivity contribution in [2.24, 2.45) is 0 Å². The Kier molecular flexibility index (Phi) is 4.08. The van der Waals surface area contributed by atoms with Crippen LogP contribution in [0.15, 0.2) is 12.5 Å². The average Bonchev–Trinajstić information content (AvgIpc) is 3.00. The third kappa shape index (κ3) is 2.51. The lowest BCUT2D eigenvalue weighted by Crippen LogP contribution is -2.43. The van der Waals surface area contributed by atoms with Crippen molar-refractivity contribution in [1.29, 1.82) is 0 Å². The summed E-state index contributed by atoms with van der Waals surface area (Å²) in [7, 11) is 0. The molecule has 0 bridgehead atoms. The van der Waals surface area contributed by atoms with E-state index in [1.54, 1.807) is 0 Å². The average molecular weight is 358 g/mol. The summed E-state index contributed by atoms with van der Waals surface area (Å²) in [6.07, 6.45) is -1.31. The molecule has 0 aromatic carbocycles. The van der Waals surface area contributed by atoms with Crippen LogP contribution in [0.5, 0.6) is 0 Å². The van der Waals surface area contributed by atoms with Crippen LogP contribution in [-0.4, -0.2) is 52.9 Å². The molecule has 1 saturated heterocycles. The summed E-state index contributed by atoms with van der Waals surface area (Å²) in [5.41, 5.74) is 6.44. The summed E-state index contributed by atoms with van der Waals surface area (Å²) in [5, 5.41) is 22.4. The highest BCUT2D eigenvalue weighted by molar-refractivity contribution is 6.32. The highest BCUT2D eigenvalue weighted by atomic mass is 35.5. The van der Waals surface area contributed by atoms with Gasteiger partial charge in [-0.1, -0.05) is 17.5 Å². The van der Waals surface area contributed by atoms with Gasteiger partial charge in [-0.25, -0.2) is 9.97 Å². The van der Waals surface area contributed by atoms with Crippen LogP contribution in [0.4, 0.5) is 5.95 Å². The van der Waals surface area contributed by atoms with Crippen LogP contribution in [0, 0.1) is 11.3 Å². The summed E-state index contributed by atoms with van der Waals surface area (Å²) in [6, 6.07) is 0. The summed E-state index contributed by atoms with van der Waals surface area (Å²) >= 11 is 12.0. The number of aliphatic hydroxyl groups excluding tert-OH is 2. The van der Waals surface area contributed by atoms with Crippen molar-refractivity contribution in [3.05, 3.63) is 12.5 Å². The quantitative estimate of drug-likeness (QED) is 0.519. The van der Waals surface area contributed by atoms with Crippen LogP contribution in [0.1, 0.15) is 13.2 Å². The molecule has 0 aliphatic carbocycles. The molecule has 3 rings (SSSR count). The van der Waals surface area contributed by atoms with Crippen molar-refractivity contribution < 1.29 is 14.9 Å². The number of nitrogens with two attached hydrogens (primary N) is 1. The Morgan fingerprint density at radius 1 is 1.52 bits per heavy atom. The molecule has 5 atom stereocenters. The van der Waals surface area contributed by atoms with Gasteiger partial charge in [0.1, 0.15) is 17.7 Å². The van der Waals surface area contributed by atoms with E-state index in [0.717, 1.165) is 0 Å². The topological polar surface area (TPSA) is 119 Å². The van der Waals surface area contributed by atoms with Gasteiger partial charge in [0.2, 0.25) is 5.95 Å². The fraction of sp³-hybridized carbons (Fsp3) is 0.462. The standard InChI is InChI=1S/C13H13Cl2N5O3/c1-6(21)8-9(22)13(15,2-3-14)11(23-8)20-5-18-7-4-17-12(16)19-10(7)20/h4-6,8-9,11,21-22H,1H3,(H2,16,17,19)/t6-,8+,9?,11+,13+/m0/s1. The van der Waals surface area contributed by atoms with E-state index in [9.17, 15) is 10.2 Å². The van der Waals surface area contributed by atoms with E-state index in [1.165, 1.54) is 24.0 Å². The van der Waals surface area contributed by atoms with E-state index in [0.29, 0.717) is 11.2 Å². The number of alkyl halides is 1. The van der Waals surface area contributed by atoms with Gasteiger partial charge in [-0.05, 0) is 18.5 Å². The monoisotopic (exact) mass is 357 g/mol. The van der Waals surface area contributed by atoms with E-state index in [2.05, 4.69) is 26.3 Å². The normalized spacial score (nSPS) is 31.8. The minimum atomic E-state index is -1.59. The summed E-state index contributed by atoms with van der Waals surface area (Å²) in [6.45, 7) is 1.48. The van der Waals surface area contributed by atoms with Crippen molar-refractivity contribution in [3.8, 4) is 11.3 Å². The van der Waals surface area contributed by atoms with Crippen LogP contribution in [0.25, 0.3) is 11.2 Å². The maximum Gasteiger partial charge on any atom is 0.222 e. The molecule has 0 spiro atoms. The van der Waals surface area contributed by atoms with Gasteiger partial charge < -0.3 is 20.7 Å². The molecule has 10 heteroatoms. The minimum absolute atomic E-state index is 0.0495. The number of imidazole rings is 1. The van der Waals surface area contributed by atoms with Crippen molar-refractivity contribution in [1.82, 2.24) is 19.5 Å². The maximum absolute atomic E-state index is 10.4. The summed E-state index contributed by atoms with van der Waals surface area (Å²) in [4.78, 5) is 10.5. The first-order chi connectivity index (χ1) is 10.9. The molecule has 0 amide bonds. The molecule has 1 unspecified atom stereocenters.